The summed E-state index contributed by atoms with van der Waals surface area (Å²) in [5.41, 5.74) is 1.05. The van der Waals surface area contributed by atoms with Crippen molar-refractivity contribution in [3.8, 4) is 0 Å². The lowest BCUT2D eigenvalue weighted by atomic mass is 10.1. The number of likely N-dealkylation sites (N-methyl/N-ethyl adjacent to an activating group) is 1. The number of carbonyl (C=O) groups is 1. The lowest BCUT2D eigenvalue weighted by Gasteiger charge is -2.33. The molecule has 2 fully saturated rings. The van der Waals surface area contributed by atoms with Crippen molar-refractivity contribution in [3.63, 3.8) is 0 Å². The van der Waals surface area contributed by atoms with E-state index in [4.69, 9.17) is 0 Å². The van der Waals surface area contributed by atoms with E-state index in [1.54, 1.807) is 6.33 Å². The molecule has 2 aliphatic rings. The van der Waals surface area contributed by atoms with Crippen molar-refractivity contribution >= 4 is 33.3 Å². The minimum Gasteiger partial charge on any atom is -0.353 e. The van der Waals surface area contributed by atoms with E-state index < -0.39 is 0 Å². The summed E-state index contributed by atoms with van der Waals surface area (Å²) in [6.07, 6.45) is 5.10. The van der Waals surface area contributed by atoms with Crippen LogP contribution in [0.1, 0.15) is 34.5 Å². The van der Waals surface area contributed by atoms with Gasteiger partial charge in [0.25, 0.3) is 5.91 Å². The summed E-state index contributed by atoms with van der Waals surface area (Å²) >= 11 is 1.52. The Morgan fingerprint density at radius 3 is 2.48 bits per heavy atom. The van der Waals surface area contributed by atoms with Crippen LogP contribution in [0.4, 0.5) is 5.82 Å². The maximum Gasteiger partial charge on any atom is 0.264 e. The molecule has 134 valence electrons. The molecule has 2 aromatic rings. The second-order valence-electron chi connectivity index (χ2n) is 7.08. The molecular formula is C18H25N5OS. The van der Waals surface area contributed by atoms with Crippen LogP contribution < -0.4 is 4.90 Å². The van der Waals surface area contributed by atoms with Gasteiger partial charge in [-0.25, -0.2) is 9.97 Å². The zero-order chi connectivity index (χ0) is 17.4. The molecule has 7 heteroatoms. The number of hydrogen-bond acceptors (Lipinski definition) is 6. The molecule has 0 unspecified atom stereocenters. The van der Waals surface area contributed by atoms with Crippen molar-refractivity contribution < 1.29 is 4.79 Å². The standard InChI is InChI=1S/C18H25N5OS/c1-13-14-16(22-10-8-21(2)9-11-22)19-12-20-17(14)25-15(13)18(24)23-6-4-3-5-7-23/h12H,3-11H2,1-2H3. The number of piperazine rings is 1. The first-order valence-corrected chi connectivity index (χ1v) is 9.93. The number of nitrogens with zero attached hydrogens (tertiary/aromatic N) is 5. The molecule has 0 aliphatic carbocycles. The van der Waals surface area contributed by atoms with Crippen molar-refractivity contribution in [2.75, 3.05) is 51.2 Å². The second-order valence-corrected chi connectivity index (χ2v) is 8.08. The normalized spacial score (nSPS) is 19.6. The monoisotopic (exact) mass is 359 g/mol. The molecule has 2 aliphatic heterocycles. The summed E-state index contributed by atoms with van der Waals surface area (Å²) in [6.45, 7) is 7.81. The van der Waals surface area contributed by atoms with E-state index in [0.29, 0.717) is 0 Å². The summed E-state index contributed by atoms with van der Waals surface area (Å²) < 4.78 is 0. The van der Waals surface area contributed by atoms with Crippen LogP contribution in [0.15, 0.2) is 6.33 Å². The first-order valence-electron chi connectivity index (χ1n) is 9.12. The van der Waals surface area contributed by atoms with E-state index in [1.165, 1.54) is 17.8 Å². The third-order valence-electron chi connectivity index (χ3n) is 5.35. The smallest absolute Gasteiger partial charge is 0.264 e. The minimum atomic E-state index is 0.171. The van der Waals surface area contributed by atoms with Gasteiger partial charge in [0.15, 0.2) is 0 Å². The van der Waals surface area contributed by atoms with Gasteiger partial charge in [-0.15, -0.1) is 11.3 Å². The van der Waals surface area contributed by atoms with Gasteiger partial charge in [-0.2, -0.15) is 0 Å². The highest BCUT2D eigenvalue weighted by Crippen LogP contribution is 2.36. The Kier molecular flexibility index (Phi) is 4.60. The fraction of sp³-hybridized carbons (Fsp3) is 0.611. The van der Waals surface area contributed by atoms with Crippen LogP contribution in [-0.4, -0.2) is 72.0 Å². The zero-order valence-electron chi connectivity index (χ0n) is 15.0. The van der Waals surface area contributed by atoms with Gasteiger partial charge < -0.3 is 14.7 Å². The minimum absolute atomic E-state index is 0.171. The molecule has 25 heavy (non-hydrogen) atoms. The Morgan fingerprint density at radius 2 is 1.76 bits per heavy atom. The van der Waals surface area contributed by atoms with Gasteiger partial charge >= 0.3 is 0 Å². The van der Waals surface area contributed by atoms with Gasteiger partial charge in [0.2, 0.25) is 0 Å². The summed E-state index contributed by atoms with van der Waals surface area (Å²) in [7, 11) is 2.15. The maximum absolute atomic E-state index is 13.0. The van der Waals surface area contributed by atoms with Crippen LogP contribution in [0.25, 0.3) is 10.2 Å². The molecule has 0 aromatic carbocycles. The number of thiophene rings is 1. The molecule has 4 rings (SSSR count). The molecule has 2 saturated heterocycles. The highest BCUT2D eigenvalue weighted by Gasteiger charge is 2.26. The SMILES string of the molecule is Cc1c(C(=O)N2CCCCC2)sc2ncnc(N3CCN(C)CC3)c12. The molecule has 6 nitrogen and oxygen atoms in total. The molecule has 1 amide bonds. The lowest BCUT2D eigenvalue weighted by Crippen LogP contribution is -2.44. The average Bonchev–Trinajstić information content (AvgIpc) is 2.99. The predicted octanol–water partition coefficient (Wildman–Crippen LogP) is 2.38. The van der Waals surface area contributed by atoms with Crippen LogP contribution in [0.2, 0.25) is 0 Å². The lowest BCUT2D eigenvalue weighted by molar-refractivity contribution is 0.0728. The Balaban J connectivity index is 1.70. The first kappa shape index (κ1) is 16.7. The highest BCUT2D eigenvalue weighted by atomic mass is 32.1. The van der Waals surface area contributed by atoms with Gasteiger partial charge in [0, 0.05) is 39.3 Å². The highest BCUT2D eigenvalue weighted by molar-refractivity contribution is 7.20. The number of fused-ring (bicyclic) bond motifs is 1. The molecular weight excluding hydrogens is 334 g/mol. The van der Waals surface area contributed by atoms with E-state index in [1.807, 2.05) is 4.90 Å². The van der Waals surface area contributed by atoms with Crippen molar-refractivity contribution in [3.05, 3.63) is 16.8 Å². The van der Waals surface area contributed by atoms with Crippen molar-refractivity contribution in [2.45, 2.75) is 26.2 Å². The van der Waals surface area contributed by atoms with Crippen LogP contribution in [-0.2, 0) is 0 Å². The third kappa shape index (κ3) is 3.11. The number of aryl methyl sites for hydroxylation is 1. The molecule has 2 aromatic heterocycles. The summed E-state index contributed by atoms with van der Waals surface area (Å²) in [6, 6.07) is 0. The average molecular weight is 359 g/mol. The first-order chi connectivity index (χ1) is 12.1. The van der Waals surface area contributed by atoms with E-state index in [2.05, 4.69) is 33.7 Å². The number of rotatable bonds is 2. The number of anilines is 1. The van der Waals surface area contributed by atoms with Crippen molar-refractivity contribution in [1.29, 1.82) is 0 Å². The third-order valence-corrected chi connectivity index (χ3v) is 6.53. The van der Waals surface area contributed by atoms with Crippen molar-refractivity contribution in [2.24, 2.45) is 0 Å². The van der Waals surface area contributed by atoms with Gasteiger partial charge in [0.05, 0.1) is 10.3 Å². The van der Waals surface area contributed by atoms with Crippen LogP contribution >= 0.6 is 11.3 Å². The maximum atomic E-state index is 13.0. The number of carbonyl (C=O) groups excluding carboxylic acids is 1. The summed E-state index contributed by atoms with van der Waals surface area (Å²) in [4.78, 5) is 30.5. The fourth-order valence-electron chi connectivity index (χ4n) is 3.76. The van der Waals surface area contributed by atoms with Gasteiger partial charge in [-0.05, 0) is 38.8 Å². The van der Waals surface area contributed by atoms with E-state index in [-0.39, 0.29) is 5.91 Å². The Hall–Kier alpha value is -1.73. The molecule has 4 heterocycles. The predicted molar refractivity (Wildman–Crippen MR) is 102 cm³/mol. The van der Waals surface area contributed by atoms with Crippen LogP contribution in [0.3, 0.4) is 0 Å². The Bertz CT molecular complexity index is 775. The number of aromatic nitrogens is 2. The van der Waals surface area contributed by atoms with Gasteiger partial charge in [0.1, 0.15) is 17.0 Å². The fourth-order valence-corrected chi connectivity index (χ4v) is 4.87. The second kappa shape index (κ2) is 6.88. The Labute approximate surface area is 152 Å². The number of likely N-dealkylation sites (tertiary alicyclic amines) is 1. The van der Waals surface area contributed by atoms with Gasteiger partial charge in [-0.1, -0.05) is 0 Å². The van der Waals surface area contributed by atoms with Crippen molar-refractivity contribution in [1.82, 2.24) is 19.8 Å². The number of amides is 1. The molecule has 0 radical (unpaired) electrons. The van der Waals surface area contributed by atoms with Crippen LogP contribution in [0.5, 0.6) is 0 Å². The summed E-state index contributed by atoms with van der Waals surface area (Å²) in [5.74, 6) is 1.16. The number of piperidine rings is 1. The largest absolute Gasteiger partial charge is 0.353 e. The molecule has 0 atom stereocenters. The van der Waals surface area contributed by atoms with Gasteiger partial charge in [-0.3, -0.25) is 4.79 Å². The Morgan fingerprint density at radius 1 is 1.04 bits per heavy atom. The van der Waals surface area contributed by atoms with E-state index in [0.717, 1.165) is 78.6 Å². The van der Waals surface area contributed by atoms with E-state index in [9.17, 15) is 4.79 Å². The quantitative estimate of drug-likeness (QED) is 0.824. The molecule has 0 N–H and O–H groups in total. The zero-order valence-corrected chi connectivity index (χ0v) is 15.8. The summed E-state index contributed by atoms with van der Waals surface area (Å²) in [5, 5.41) is 1.07. The molecule has 0 spiro atoms. The van der Waals surface area contributed by atoms with E-state index >= 15 is 0 Å². The molecule has 0 saturated carbocycles. The molecule has 0 bridgehead atoms. The van der Waals surface area contributed by atoms with Crippen LogP contribution in [0, 0.1) is 6.92 Å². The topological polar surface area (TPSA) is 52.6 Å². The number of hydrogen-bond donors (Lipinski definition) is 0.